The summed E-state index contributed by atoms with van der Waals surface area (Å²) in [5, 5.41) is 10.8. The average molecular weight is 260 g/mol. The van der Waals surface area contributed by atoms with E-state index in [0.29, 0.717) is 18.4 Å². The van der Waals surface area contributed by atoms with Crippen LogP contribution in [-0.4, -0.2) is 25.0 Å². The first-order valence-electron chi connectivity index (χ1n) is 6.01. The number of hydrogen-bond donors (Lipinski definition) is 1. The number of hydrogen-bond acceptors (Lipinski definition) is 4. The van der Waals surface area contributed by atoms with Gasteiger partial charge in [0.2, 0.25) is 0 Å². The molecule has 0 fully saturated rings. The predicted molar refractivity (Wildman–Crippen MR) is 69.3 cm³/mol. The van der Waals surface area contributed by atoms with Crippen molar-refractivity contribution in [2.45, 2.75) is 19.8 Å². The summed E-state index contributed by atoms with van der Waals surface area (Å²) in [5.41, 5.74) is 1.57. The molecule has 1 N–H and O–H groups in total. The van der Waals surface area contributed by atoms with Gasteiger partial charge < -0.3 is 10.1 Å². The van der Waals surface area contributed by atoms with Crippen LogP contribution in [0.25, 0.3) is 0 Å². The molecule has 0 heterocycles. The van der Waals surface area contributed by atoms with Crippen molar-refractivity contribution in [3.8, 4) is 6.07 Å². The van der Waals surface area contributed by atoms with E-state index in [0.717, 1.165) is 5.56 Å². The van der Waals surface area contributed by atoms with Gasteiger partial charge in [-0.05, 0) is 25.5 Å². The zero-order valence-electron chi connectivity index (χ0n) is 10.8. The van der Waals surface area contributed by atoms with Gasteiger partial charge in [0.15, 0.2) is 0 Å². The van der Waals surface area contributed by atoms with Gasteiger partial charge in [-0.2, -0.15) is 5.26 Å². The van der Waals surface area contributed by atoms with E-state index in [1.165, 1.54) is 0 Å². The fourth-order valence-electron chi connectivity index (χ4n) is 1.35. The average Bonchev–Trinajstić information content (AvgIpc) is 2.42. The van der Waals surface area contributed by atoms with Crippen molar-refractivity contribution in [1.29, 1.82) is 5.26 Å². The quantitative estimate of drug-likeness (QED) is 0.622. The standard InChI is InChI=1S/C14H16N2O3/c1-11-4-6-12(7-5-11)14(18)16-10-13(17)19-9-3-2-8-15/h4-7H,2-3,9-10H2,1H3,(H,16,18). The molecule has 19 heavy (non-hydrogen) atoms. The van der Waals surface area contributed by atoms with Gasteiger partial charge in [-0.3, -0.25) is 9.59 Å². The maximum absolute atomic E-state index is 11.7. The molecule has 5 nitrogen and oxygen atoms in total. The number of esters is 1. The Balaban J connectivity index is 2.28. The maximum atomic E-state index is 11.7. The third-order valence-corrected chi connectivity index (χ3v) is 2.40. The second-order valence-electron chi connectivity index (χ2n) is 4.03. The lowest BCUT2D eigenvalue weighted by Gasteiger charge is -2.06. The molecule has 1 amide bonds. The van der Waals surface area contributed by atoms with E-state index < -0.39 is 5.97 Å². The highest BCUT2D eigenvalue weighted by molar-refractivity contribution is 5.95. The minimum Gasteiger partial charge on any atom is -0.464 e. The first-order chi connectivity index (χ1) is 9.13. The summed E-state index contributed by atoms with van der Waals surface area (Å²) in [6.07, 6.45) is 0.858. The van der Waals surface area contributed by atoms with Crippen molar-refractivity contribution in [3.05, 3.63) is 35.4 Å². The van der Waals surface area contributed by atoms with E-state index in [4.69, 9.17) is 10.00 Å². The van der Waals surface area contributed by atoms with Gasteiger partial charge in [0.1, 0.15) is 6.54 Å². The summed E-state index contributed by atoms with van der Waals surface area (Å²) < 4.78 is 4.84. The van der Waals surface area contributed by atoms with Crippen LogP contribution >= 0.6 is 0 Å². The SMILES string of the molecule is Cc1ccc(C(=O)NCC(=O)OCCCC#N)cc1. The Kier molecular flexibility index (Phi) is 6.10. The molecule has 1 aromatic carbocycles. The van der Waals surface area contributed by atoms with Gasteiger partial charge >= 0.3 is 5.97 Å². The summed E-state index contributed by atoms with van der Waals surface area (Å²) in [7, 11) is 0. The number of carbonyl (C=O) groups is 2. The van der Waals surface area contributed by atoms with E-state index in [1.807, 2.05) is 25.1 Å². The normalized spacial score (nSPS) is 9.47. The van der Waals surface area contributed by atoms with Gasteiger partial charge in [-0.1, -0.05) is 17.7 Å². The van der Waals surface area contributed by atoms with E-state index in [1.54, 1.807) is 12.1 Å². The lowest BCUT2D eigenvalue weighted by atomic mass is 10.1. The molecule has 0 unspecified atom stereocenters. The van der Waals surface area contributed by atoms with Crippen LogP contribution in [0.15, 0.2) is 24.3 Å². The molecule has 0 spiro atoms. The van der Waals surface area contributed by atoms with E-state index in [2.05, 4.69) is 5.32 Å². The van der Waals surface area contributed by atoms with Crippen LogP contribution in [0.3, 0.4) is 0 Å². The second-order valence-corrected chi connectivity index (χ2v) is 4.03. The number of nitriles is 1. The molecule has 1 rings (SSSR count). The molecule has 0 aromatic heterocycles. The molecule has 0 saturated heterocycles. The van der Waals surface area contributed by atoms with E-state index in [-0.39, 0.29) is 19.1 Å². The van der Waals surface area contributed by atoms with Crippen LogP contribution in [0.5, 0.6) is 0 Å². The van der Waals surface area contributed by atoms with Gasteiger partial charge in [0.05, 0.1) is 12.7 Å². The zero-order chi connectivity index (χ0) is 14.1. The monoisotopic (exact) mass is 260 g/mol. The molecule has 0 aliphatic rings. The summed E-state index contributed by atoms with van der Waals surface area (Å²) in [5.74, 6) is -0.813. The van der Waals surface area contributed by atoms with Crippen molar-refractivity contribution in [2.24, 2.45) is 0 Å². The molecular formula is C14H16N2O3. The Bertz CT molecular complexity index is 474. The number of aryl methyl sites for hydroxylation is 1. The third-order valence-electron chi connectivity index (χ3n) is 2.40. The lowest BCUT2D eigenvalue weighted by Crippen LogP contribution is -2.30. The highest BCUT2D eigenvalue weighted by atomic mass is 16.5. The van der Waals surface area contributed by atoms with Crippen LogP contribution in [0, 0.1) is 18.3 Å². The summed E-state index contributed by atoms with van der Waals surface area (Å²) in [6.45, 7) is 1.96. The molecule has 0 aliphatic heterocycles. The highest BCUT2D eigenvalue weighted by Gasteiger charge is 2.08. The fraction of sp³-hybridized carbons (Fsp3) is 0.357. The zero-order valence-corrected chi connectivity index (χ0v) is 10.8. The number of rotatable bonds is 6. The summed E-state index contributed by atoms with van der Waals surface area (Å²) in [4.78, 5) is 23.0. The van der Waals surface area contributed by atoms with Crippen molar-refractivity contribution >= 4 is 11.9 Å². The fourth-order valence-corrected chi connectivity index (χ4v) is 1.35. The first-order valence-corrected chi connectivity index (χ1v) is 6.01. The molecule has 100 valence electrons. The number of unbranched alkanes of at least 4 members (excludes halogenated alkanes) is 1. The van der Waals surface area contributed by atoms with Crippen LogP contribution in [-0.2, 0) is 9.53 Å². The number of nitrogens with one attached hydrogen (secondary N) is 1. The first kappa shape index (κ1) is 14.7. The van der Waals surface area contributed by atoms with E-state index in [9.17, 15) is 9.59 Å². The topological polar surface area (TPSA) is 79.2 Å². The van der Waals surface area contributed by atoms with Crippen molar-refractivity contribution < 1.29 is 14.3 Å². The second kappa shape index (κ2) is 7.88. The molecule has 0 saturated carbocycles. The van der Waals surface area contributed by atoms with Gasteiger partial charge in [0, 0.05) is 12.0 Å². The van der Waals surface area contributed by atoms with Crippen molar-refractivity contribution in [2.75, 3.05) is 13.2 Å². The molecule has 0 aliphatic carbocycles. The summed E-state index contributed by atoms with van der Waals surface area (Å²) >= 11 is 0. The Morgan fingerprint density at radius 3 is 2.63 bits per heavy atom. The maximum Gasteiger partial charge on any atom is 0.325 e. The van der Waals surface area contributed by atoms with E-state index >= 15 is 0 Å². The number of benzene rings is 1. The Labute approximate surface area is 112 Å². The highest BCUT2D eigenvalue weighted by Crippen LogP contribution is 2.02. The minimum atomic E-state index is -0.501. The molecule has 5 heteroatoms. The Morgan fingerprint density at radius 1 is 1.32 bits per heavy atom. The van der Waals surface area contributed by atoms with Crippen LogP contribution in [0.2, 0.25) is 0 Å². The third kappa shape index (κ3) is 5.68. The molecular weight excluding hydrogens is 244 g/mol. The molecule has 0 radical (unpaired) electrons. The van der Waals surface area contributed by atoms with Crippen molar-refractivity contribution in [1.82, 2.24) is 5.32 Å². The molecule has 0 atom stereocenters. The Morgan fingerprint density at radius 2 is 2.00 bits per heavy atom. The van der Waals surface area contributed by atoms with Crippen LogP contribution < -0.4 is 5.32 Å². The van der Waals surface area contributed by atoms with Crippen LogP contribution in [0.4, 0.5) is 0 Å². The lowest BCUT2D eigenvalue weighted by molar-refractivity contribution is -0.142. The number of amides is 1. The predicted octanol–water partition coefficient (Wildman–Crippen LogP) is 1.57. The van der Waals surface area contributed by atoms with Crippen LogP contribution in [0.1, 0.15) is 28.8 Å². The largest absolute Gasteiger partial charge is 0.464 e. The Hall–Kier alpha value is -2.35. The summed E-state index contributed by atoms with van der Waals surface area (Å²) in [6, 6.07) is 9.01. The van der Waals surface area contributed by atoms with Crippen molar-refractivity contribution in [3.63, 3.8) is 0 Å². The van der Waals surface area contributed by atoms with Gasteiger partial charge in [0.25, 0.3) is 5.91 Å². The van der Waals surface area contributed by atoms with Gasteiger partial charge in [-0.15, -0.1) is 0 Å². The molecule has 1 aromatic rings. The number of nitrogens with zero attached hydrogens (tertiary/aromatic N) is 1. The number of carbonyl (C=O) groups excluding carboxylic acids is 2. The van der Waals surface area contributed by atoms with Gasteiger partial charge in [-0.25, -0.2) is 0 Å². The minimum absolute atomic E-state index is 0.167. The smallest absolute Gasteiger partial charge is 0.325 e. The number of ether oxygens (including phenoxy) is 1. The molecule has 0 bridgehead atoms.